The Balaban J connectivity index is 1.92. The Kier molecular flexibility index (Phi) is 7.59. The van der Waals surface area contributed by atoms with Gasteiger partial charge in [-0.1, -0.05) is 17.7 Å². The average molecular weight is 459 g/mol. The molecule has 1 amide bonds. The minimum Gasteiger partial charge on any atom is -0.449 e. The van der Waals surface area contributed by atoms with Crippen molar-refractivity contribution < 1.29 is 37.2 Å². The summed E-state index contributed by atoms with van der Waals surface area (Å²) < 4.78 is 45.1. The van der Waals surface area contributed by atoms with Crippen LogP contribution in [0.5, 0.6) is 5.75 Å². The van der Waals surface area contributed by atoms with E-state index in [0.717, 1.165) is 24.3 Å². The van der Waals surface area contributed by atoms with Crippen LogP contribution < -0.4 is 10.1 Å². The van der Waals surface area contributed by atoms with Crippen molar-refractivity contribution in [1.29, 1.82) is 0 Å². The maximum atomic E-state index is 12.1. The first-order valence-electron chi connectivity index (χ1n) is 8.44. The molecule has 164 valence electrons. The second-order valence-electron chi connectivity index (χ2n) is 5.94. The maximum absolute atomic E-state index is 12.1. The van der Waals surface area contributed by atoms with E-state index in [4.69, 9.17) is 16.3 Å². The first kappa shape index (κ1) is 23.7. The summed E-state index contributed by atoms with van der Waals surface area (Å²) in [4.78, 5) is 34.1. The lowest BCUT2D eigenvalue weighted by Gasteiger charge is -2.13. The van der Waals surface area contributed by atoms with Crippen LogP contribution in [0.2, 0.25) is 5.02 Å². The minimum absolute atomic E-state index is 0.0620. The van der Waals surface area contributed by atoms with Gasteiger partial charge in [-0.2, -0.15) is 0 Å². The van der Waals surface area contributed by atoms with E-state index in [1.807, 2.05) is 0 Å². The van der Waals surface area contributed by atoms with Crippen molar-refractivity contribution in [3.05, 3.63) is 69.2 Å². The van der Waals surface area contributed by atoms with Crippen LogP contribution >= 0.6 is 11.6 Å². The van der Waals surface area contributed by atoms with Gasteiger partial charge in [-0.3, -0.25) is 14.9 Å². The van der Waals surface area contributed by atoms with Gasteiger partial charge in [-0.25, -0.2) is 4.79 Å². The molecule has 0 saturated heterocycles. The highest BCUT2D eigenvalue weighted by atomic mass is 35.5. The fourth-order valence-electron chi connectivity index (χ4n) is 2.19. The number of nitro groups is 1. The lowest BCUT2D eigenvalue weighted by atomic mass is 10.2. The highest BCUT2D eigenvalue weighted by Gasteiger charge is 2.31. The number of nitro benzene ring substituents is 1. The molecule has 0 radical (unpaired) electrons. The summed E-state index contributed by atoms with van der Waals surface area (Å²) in [6, 6.07) is 8.28. The number of halogens is 4. The molecule has 1 atom stereocenters. The first-order valence-corrected chi connectivity index (χ1v) is 8.82. The molecule has 0 spiro atoms. The van der Waals surface area contributed by atoms with E-state index in [0.29, 0.717) is 5.56 Å². The standard InChI is InChI=1S/C19H14ClF3N2O6/c1-11(18(27)24-13-4-6-14(7-5-13)31-19(21,22)23)30-17(26)9-3-12-2-8-15(20)16(10-12)25(28)29/h2-11H,1H3,(H,24,27)/b9-3+. The quantitative estimate of drug-likeness (QED) is 0.278. The fraction of sp³-hybridized carbons (Fsp3) is 0.158. The molecule has 0 saturated carbocycles. The van der Waals surface area contributed by atoms with Crippen LogP contribution in [0.1, 0.15) is 12.5 Å². The second kappa shape index (κ2) is 9.94. The third kappa shape index (κ3) is 7.63. The van der Waals surface area contributed by atoms with E-state index >= 15 is 0 Å². The molecule has 0 aliphatic carbocycles. The summed E-state index contributed by atoms with van der Waals surface area (Å²) in [7, 11) is 0. The number of alkyl halides is 3. The molecular weight excluding hydrogens is 445 g/mol. The van der Waals surface area contributed by atoms with Crippen molar-refractivity contribution in [3.63, 3.8) is 0 Å². The second-order valence-corrected chi connectivity index (χ2v) is 6.35. The first-order chi connectivity index (χ1) is 14.4. The fourth-order valence-corrected chi connectivity index (χ4v) is 2.37. The molecule has 0 heterocycles. The van der Waals surface area contributed by atoms with Crippen molar-refractivity contribution in [2.45, 2.75) is 19.4 Å². The molecule has 12 heteroatoms. The number of carbonyl (C=O) groups excluding carboxylic acids is 2. The molecule has 1 unspecified atom stereocenters. The van der Waals surface area contributed by atoms with Crippen LogP contribution in [0.15, 0.2) is 48.5 Å². The molecule has 0 aliphatic rings. The number of anilines is 1. The number of carbonyl (C=O) groups is 2. The van der Waals surface area contributed by atoms with Crippen molar-refractivity contribution in [3.8, 4) is 5.75 Å². The number of esters is 1. The number of hydrogen-bond acceptors (Lipinski definition) is 6. The number of nitrogens with zero attached hydrogens (tertiary/aromatic N) is 1. The molecule has 31 heavy (non-hydrogen) atoms. The third-order valence-electron chi connectivity index (χ3n) is 3.60. The van der Waals surface area contributed by atoms with E-state index < -0.39 is 35.0 Å². The van der Waals surface area contributed by atoms with Crippen LogP contribution in [0.4, 0.5) is 24.5 Å². The Labute approximate surface area is 178 Å². The Hall–Kier alpha value is -3.60. The minimum atomic E-state index is -4.84. The van der Waals surface area contributed by atoms with E-state index in [1.54, 1.807) is 0 Å². The number of hydrogen-bond donors (Lipinski definition) is 1. The van der Waals surface area contributed by atoms with Gasteiger partial charge in [0.05, 0.1) is 4.92 Å². The molecule has 2 rings (SSSR count). The molecule has 1 N–H and O–H groups in total. The van der Waals surface area contributed by atoms with Gasteiger partial charge < -0.3 is 14.8 Å². The topological polar surface area (TPSA) is 108 Å². The maximum Gasteiger partial charge on any atom is 0.573 e. The van der Waals surface area contributed by atoms with Gasteiger partial charge in [0.15, 0.2) is 6.10 Å². The Morgan fingerprint density at radius 1 is 1.19 bits per heavy atom. The Bertz CT molecular complexity index is 1010. The highest BCUT2D eigenvalue weighted by Crippen LogP contribution is 2.26. The Morgan fingerprint density at radius 2 is 1.84 bits per heavy atom. The van der Waals surface area contributed by atoms with Crippen molar-refractivity contribution in [1.82, 2.24) is 0 Å². The SMILES string of the molecule is CC(OC(=O)/C=C/c1ccc(Cl)c([N+](=O)[O-])c1)C(=O)Nc1ccc(OC(F)(F)F)cc1. The molecule has 0 aromatic heterocycles. The molecule has 0 aliphatic heterocycles. The van der Waals surface area contributed by atoms with Crippen LogP contribution in [-0.4, -0.2) is 29.3 Å². The van der Waals surface area contributed by atoms with E-state index in [1.165, 1.54) is 37.3 Å². The monoisotopic (exact) mass is 458 g/mol. The van der Waals surface area contributed by atoms with Crippen molar-refractivity contribution >= 4 is 40.9 Å². The van der Waals surface area contributed by atoms with Gasteiger partial charge in [-0.05, 0) is 48.9 Å². The normalized spacial score (nSPS) is 12.3. The largest absolute Gasteiger partial charge is 0.573 e. The van der Waals surface area contributed by atoms with Gasteiger partial charge >= 0.3 is 12.3 Å². The summed E-state index contributed by atoms with van der Waals surface area (Å²) in [5.74, 6) is -2.08. The zero-order chi connectivity index (χ0) is 23.2. The molecular formula is C19H14ClF3N2O6. The summed E-state index contributed by atoms with van der Waals surface area (Å²) >= 11 is 5.70. The van der Waals surface area contributed by atoms with Gasteiger partial charge in [-0.15, -0.1) is 13.2 Å². The molecule has 0 bridgehead atoms. The van der Waals surface area contributed by atoms with Crippen LogP contribution in [0.3, 0.4) is 0 Å². The van der Waals surface area contributed by atoms with Crippen LogP contribution in [0, 0.1) is 10.1 Å². The highest BCUT2D eigenvalue weighted by molar-refractivity contribution is 6.32. The smallest absolute Gasteiger partial charge is 0.449 e. The number of amides is 1. The van der Waals surface area contributed by atoms with Crippen LogP contribution in [0.25, 0.3) is 6.08 Å². The third-order valence-corrected chi connectivity index (χ3v) is 3.92. The average Bonchev–Trinajstić information content (AvgIpc) is 2.67. The van der Waals surface area contributed by atoms with Gasteiger partial charge in [0.2, 0.25) is 0 Å². The summed E-state index contributed by atoms with van der Waals surface area (Å²) in [5, 5.41) is 13.2. The predicted molar refractivity (Wildman–Crippen MR) is 104 cm³/mol. The Morgan fingerprint density at radius 3 is 2.42 bits per heavy atom. The van der Waals surface area contributed by atoms with Crippen molar-refractivity contribution in [2.75, 3.05) is 5.32 Å². The number of rotatable bonds is 7. The van der Waals surface area contributed by atoms with Gasteiger partial charge in [0.1, 0.15) is 10.8 Å². The summed E-state index contributed by atoms with van der Waals surface area (Å²) in [6.07, 6.45) is -3.85. The van der Waals surface area contributed by atoms with Gasteiger partial charge in [0, 0.05) is 17.8 Å². The predicted octanol–water partition coefficient (Wildman–Crippen LogP) is 4.73. The number of ether oxygens (including phenoxy) is 2. The summed E-state index contributed by atoms with van der Waals surface area (Å²) in [5.41, 5.74) is 0.134. The lowest BCUT2D eigenvalue weighted by molar-refractivity contribution is -0.384. The van der Waals surface area contributed by atoms with Crippen molar-refractivity contribution in [2.24, 2.45) is 0 Å². The summed E-state index contributed by atoms with van der Waals surface area (Å²) in [6.45, 7) is 1.29. The zero-order valence-corrected chi connectivity index (χ0v) is 16.4. The van der Waals surface area contributed by atoms with Crippen LogP contribution in [-0.2, 0) is 14.3 Å². The zero-order valence-electron chi connectivity index (χ0n) is 15.7. The lowest BCUT2D eigenvalue weighted by Crippen LogP contribution is -2.29. The van der Waals surface area contributed by atoms with E-state index in [2.05, 4.69) is 10.1 Å². The van der Waals surface area contributed by atoms with E-state index in [9.17, 15) is 32.9 Å². The molecule has 2 aromatic carbocycles. The van der Waals surface area contributed by atoms with Gasteiger partial charge in [0.25, 0.3) is 11.6 Å². The number of nitrogens with one attached hydrogen (secondary N) is 1. The number of benzene rings is 2. The van der Waals surface area contributed by atoms with E-state index in [-0.39, 0.29) is 16.4 Å². The molecule has 2 aromatic rings. The molecule has 8 nitrogen and oxygen atoms in total. The molecule has 0 fully saturated rings.